The van der Waals surface area contributed by atoms with E-state index in [1.807, 2.05) is 0 Å². The first-order valence-corrected chi connectivity index (χ1v) is 16.9. The van der Waals surface area contributed by atoms with Crippen LogP contribution in [0.3, 0.4) is 0 Å². The average Bonchev–Trinajstić information content (AvgIpc) is 2.97. The van der Waals surface area contributed by atoms with Crippen LogP contribution >= 0.6 is 16.5 Å². The van der Waals surface area contributed by atoms with Crippen molar-refractivity contribution in [3.63, 3.8) is 0 Å². The fraction of sp³-hybridized carbons (Fsp3) is 0.211. The van der Waals surface area contributed by atoms with E-state index in [0.29, 0.717) is 15.2 Å². The Labute approximate surface area is 249 Å². The highest BCUT2D eigenvalue weighted by molar-refractivity contribution is 7.72. The third-order valence-corrected chi connectivity index (χ3v) is 11.5. The maximum absolute atomic E-state index is 6.72. The molecule has 0 aliphatic heterocycles. The molecule has 0 heterocycles. The summed E-state index contributed by atoms with van der Waals surface area (Å²) in [5.41, 5.74) is 6.52. The van der Waals surface area contributed by atoms with Crippen LogP contribution in [0.1, 0.15) is 48.6 Å². The largest absolute Gasteiger partial charge is 0.488 e. The normalized spacial score (nSPS) is 11.9. The summed E-state index contributed by atoms with van der Waals surface area (Å²) < 4.78 is 6.72. The van der Waals surface area contributed by atoms with Crippen LogP contribution in [-0.2, 0) is 18.2 Å². The van der Waals surface area contributed by atoms with Gasteiger partial charge in [-0.3, -0.25) is 0 Å². The molecule has 0 amide bonds. The Morgan fingerprint density at radius 1 is 0.683 bits per heavy atom. The molecule has 0 aromatic heterocycles. The molecule has 0 N–H and O–H groups in total. The highest BCUT2D eigenvalue weighted by Crippen LogP contribution is 2.40. The summed E-state index contributed by atoms with van der Waals surface area (Å²) in [6, 6.07) is 44.1. The Morgan fingerprint density at radius 3 is 1.85 bits per heavy atom. The van der Waals surface area contributed by atoms with Gasteiger partial charge in [-0.2, -0.15) is 0 Å². The molecule has 5 aromatic carbocycles. The highest BCUT2D eigenvalue weighted by Gasteiger charge is 2.24. The van der Waals surface area contributed by atoms with Crippen LogP contribution in [0.15, 0.2) is 121 Å². The summed E-state index contributed by atoms with van der Waals surface area (Å²) in [6.07, 6.45) is 1.02. The van der Waals surface area contributed by atoms with Gasteiger partial charge in [-0.1, -0.05) is 145 Å². The summed E-state index contributed by atoms with van der Waals surface area (Å²) >= 11 is 0. The minimum atomic E-state index is -0.533. The Hall–Kier alpha value is -3.24. The number of benzene rings is 5. The van der Waals surface area contributed by atoms with E-state index >= 15 is 0 Å². The standard InChI is InChI=1S/C38H40OP2/c1-28-24-34(38(3,4)5)36(39-26-30-17-9-6-10-18-30)35(25-28)40-37-29(2)16-15-19-31(37)27-41(32-20-11-7-12-21-32)33-22-13-8-14-23-33/h6-25,40H,26-27H2,1-5H3. The fourth-order valence-corrected chi connectivity index (χ4v) is 9.18. The first-order valence-electron chi connectivity index (χ1n) is 14.3. The van der Waals surface area contributed by atoms with E-state index in [2.05, 4.69) is 156 Å². The minimum Gasteiger partial charge on any atom is -0.488 e. The highest BCUT2D eigenvalue weighted by atomic mass is 31.1. The number of hydrogen-bond donors (Lipinski definition) is 0. The molecule has 0 aliphatic carbocycles. The van der Waals surface area contributed by atoms with Gasteiger partial charge in [0.15, 0.2) is 0 Å². The Kier molecular flexibility index (Phi) is 9.39. The molecule has 41 heavy (non-hydrogen) atoms. The second-order valence-corrected chi connectivity index (χ2v) is 15.2. The van der Waals surface area contributed by atoms with Crippen LogP contribution in [0.5, 0.6) is 5.75 Å². The molecule has 3 heteroatoms. The Balaban J connectivity index is 1.56. The number of hydrogen-bond acceptors (Lipinski definition) is 1. The lowest BCUT2D eigenvalue weighted by atomic mass is 9.85. The van der Waals surface area contributed by atoms with Crippen molar-refractivity contribution < 1.29 is 4.74 Å². The molecule has 208 valence electrons. The van der Waals surface area contributed by atoms with Crippen LogP contribution < -0.4 is 26.0 Å². The predicted molar refractivity (Wildman–Crippen MR) is 182 cm³/mol. The van der Waals surface area contributed by atoms with Crippen molar-refractivity contribution in [3.05, 3.63) is 149 Å². The lowest BCUT2D eigenvalue weighted by molar-refractivity contribution is 0.300. The number of aryl methyl sites for hydroxylation is 2. The van der Waals surface area contributed by atoms with Gasteiger partial charge in [0, 0.05) is 17.0 Å². The van der Waals surface area contributed by atoms with Gasteiger partial charge < -0.3 is 4.74 Å². The molecule has 0 radical (unpaired) electrons. The van der Waals surface area contributed by atoms with Crippen molar-refractivity contribution in [3.8, 4) is 5.75 Å². The third kappa shape index (κ3) is 7.35. The van der Waals surface area contributed by atoms with Crippen LogP contribution in [0.2, 0.25) is 0 Å². The second-order valence-electron chi connectivity index (χ2n) is 11.7. The first-order chi connectivity index (χ1) is 19.8. The molecule has 1 atom stereocenters. The van der Waals surface area contributed by atoms with E-state index in [0.717, 1.165) is 11.9 Å². The molecule has 0 saturated heterocycles. The van der Waals surface area contributed by atoms with E-state index in [1.54, 1.807) is 0 Å². The van der Waals surface area contributed by atoms with Crippen molar-refractivity contribution in [1.82, 2.24) is 0 Å². The molecule has 0 aliphatic rings. The average molecular weight is 575 g/mol. The van der Waals surface area contributed by atoms with Crippen LogP contribution in [-0.4, -0.2) is 0 Å². The molecule has 5 rings (SSSR count). The zero-order chi connectivity index (χ0) is 28.8. The molecular formula is C38H40OP2. The van der Waals surface area contributed by atoms with Crippen molar-refractivity contribution in [2.75, 3.05) is 0 Å². The summed E-state index contributed by atoms with van der Waals surface area (Å²) in [6.45, 7) is 11.9. The van der Waals surface area contributed by atoms with E-state index in [9.17, 15) is 0 Å². The Morgan fingerprint density at radius 2 is 1.27 bits per heavy atom. The van der Waals surface area contributed by atoms with Gasteiger partial charge in [0.05, 0.1) is 0 Å². The fourth-order valence-electron chi connectivity index (χ4n) is 5.20. The molecule has 1 unspecified atom stereocenters. The Bertz CT molecular complexity index is 1530. The van der Waals surface area contributed by atoms with Gasteiger partial charge in [-0.05, 0) is 71.4 Å². The SMILES string of the molecule is Cc1cc(Pc2c(C)cccc2CP(c2ccccc2)c2ccccc2)c(OCc2ccccc2)c(C(C)(C)C)c1. The van der Waals surface area contributed by atoms with E-state index < -0.39 is 7.92 Å². The van der Waals surface area contributed by atoms with E-state index in [-0.39, 0.29) is 5.41 Å². The summed E-state index contributed by atoms with van der Waals surface area (Å²) in [5, 5.41) is 5.58. The molecule has 5 aromatic rings. The minimum absolute atomic E-state index is 0.0270. The van der Waals surface area contributed by atoms with Crippen LogP contribution in [0, 0.1) is 13.8 Å². The first kappa shape index (κ1) is 29.3. The smallest absolute Gasteiger partial charge is 0.131 e. The maximum atomic E-state index is 6.72. The number of rotatable bonds is 9. The van der Waals surface area contributed by atoms with E-state index in [1.165, 1.54) is 49.0 Å². The van der Waals surface area contributed by atoms with Crippen molar-refractivity contribution >= 4 is 37.7 Å². The maximum Gasteiger partial charge on any atom is 0.131 e. The zero-order valence-corrected chi connectivity index (χ0v) is 26.7. The molecule has 0 bridgehead atoms. The number of ether oxygens (including phenoxy) is 1. The summed E-state index contributed by atoms with van der Waals surface area (Å²) in [4.78, 5) is 0. The van der Waals surface area contributed by atoms with Gasteiger partial charge in [-0.15, -0.1) is 0 Å². The quantitative estimate of drug-likeness (QED) is 0.161. The topological polar surface area (TPSA) is 9.23 Å². The molecule has 0 saturated carbocycles. The molecule has 1 nitrogen and oxygen atoms in total. The molecule has 0 spiro atoms. The van der Waals surface area contributed by atoms with Crippen molar-refractivity contribution in [1.29, 1.82) is 0 Å². The molecular weight excluding hydrogens is 534 g/mol. The van der Waals surface area contributed by atoms with E-state index in [4.69, 9.17) is 4.74 Å². The third-order valence-electron chi connectivity index (χ3n) is 7.35. The van der Waals surface area contributed by atoms with Gasteiger partial charge in [0.25, 0.3) is 0 Å². The van der Waals surface area contributed by atoms with Gasteiger partial charge in [0.2, 0.25) is 0 Å². The monoisotopic (exact) mass is 574 g/mol. The predicted octanol–water partition coefficient (Wildman–Crippen LogP) is 8.44. The summed E-state index contributed by atoms with van der Waals surface area (Å²) in [7, 11) is -0.0200. The van der Waals surface area contributed by atoms with Gasteiger partial charge in [-0.25, -0.2) is 0 Å². The van der Waals surface area contributed by atoms with Gasteiger partial charge in [0.1, 0.15) is 12.4 Å². The summed E-state index contributed by atoms with van der Waals surface area (Å²) in [5.74, 6) is 1.05. The van der Waals surface area contributed by atoms with Crippen molar-refractivity contribution in [2.45, 2.75) is 52.8 Å². The van der Waals surface area contributed by atoms with Gasteiger partial charge >= 0.3 is 0 Å². The molecule has 0 fully saturated rings. The second kappa shape index (κ2) is 13.2. The zero-order valence-electron chi connectivity index (χ0n) is 24.8. The van der Waals surface area contributed by atoms with Crippen LogP contribution in [0.4, 0.5) is 0 Å². The lowest BCUT2D eigenvalue weighted by Gasteiger charge is -2.27. The lowest BCUT2D eigenvalue weighted by Crippen LogP contribution is -2.21. The van der Waals surface area contributed by atoms with Crippen LogP contribution in [0.25, 0.3) is 0 Å². The van der Waals surface area contributed by atoms with Crippen molar-refractivity contribution in [2.24, 2.45) is 0 Å².